The van der Waals surface area contributed by atoms with Gasteiger partial charge in [-0.2, -0.15) is 0 Å². The van der Waals surface area contributed by atoms with Crippen molar-refractivity contribution in [3.8, 4) is 0 Å². The minimum Gasteiger partial charge on any atom is -0.232 e. The summed E-state index contributed by atoms with van der Waals surface area (Å²) in [5.41, 5.74) is 1.11. The molecule has 0 bridgehead atoms. The van der Waals surface area contributed by atoms with Crippen molar-refractivity contribution in [2.45, 2.75) is 19.8 Å². The van der Waals surface area contributed by atoms with Gasteiger partial charge >= 0.3 is 0 Å². The van der Waals surface area contributed by atoms with Crippen molar-refractivity contribution in [2.24, 2.45) is 0 Å². The van der Waals surface area contributed by atoms with Gasteiger partial charge in [0.15, 0.2) is 3.83 Å². The van der Waals surface area contributed by atoms with Gasteiger partial charge in [-0.05, 0) is 12.0 Å². The molecule has 1 aromatic rings. The zero-order valence-electron chi connectivity index (χ0n) is 6.00. The van der Waals surface area contributed by atoms with Crippen molar-refractivity contribution in [1.29, 1.82) is 0 Å². The van der Waals surface area contributed by atoms with Crippen LogP contribution in [-0.4, -0.2) is 9.97 Å². The first-order valence-electron chi connectivity index (χ1n) is 3.18. The molecule has 3 heteroatoms. The molecule has 0 saturated carbocycles. The summed E-state index contributed by atoms with van der Waals surface area (Å²) < 4.78 is 0.823. The molecule has 0 saturated heterocycles. The van der Waals surface area contributed by atoms with Gasteiger partial charge in [-0.25, -0.2) is 9.97 Å². The molecule has 0 aliphatic carbocycles. The smallest absolute Gasteiger partial charge is 0.190 e. The van der Waals surface area contributed by atoms with Crippen LogP contribution in [0.15, 0.2) is 12.3 Å². The quantitative estimate of drug-likeness (QED) is 0.562. The van der Waals surface area contributed by atoms with Crippen molar-refractivity contribution in [1.82, 2.24) is 9.97 Å². The molecule has 0 radical (unpaired) electrons. The number of hydrogen-bond acceptors (Lipinski definition) is 2. The van der Waals surface area contributed by atoms with Crippen molar-refractivity contribution in [2.75, 3.05) is 0 Å². The lowest BCUT2D eigenvalue weighted by atomic mass is 10.1. The highest BCUT2D eigenvalue weighted by molar-refractivity contribution is 14.1. The van der Waals surface area contributed by atoms with E-state index in [1.807, 2.05) is 6.07 Å². The van der Waals surface area contributed by atoms with Crippen molar-refractivity contribution >= 4 is 22.6 Å². The Morgan fingerprint density at radius 1 is 1.50 bits per heavy atom. The highest BCUT2D eigenvalue weighted by Gasteiger charge is 1.99. The molecule has 0 fully saturated rings. The maximum atomic E-state index is 4.25. The Morgan fingerprint density at radius 3 is 2.60 bits per heavy atom. The Bertz CT molecular complexity index is 223. The fourth-order valence-corrected chi connectivity index (χ4v) is 1.11. The second-order valence-corrected chi connectivity index (χ2v) is 3.37. The molecular formula is C7H9IN2. The molecule has 0 atom stereocenters. The maximum Gasteiger partial charge on any atom is 0.190 e. The number of aromatic nitrogens is 2. The molecule has 0 amide bonds. The average molecular weight is 248 g/mol. The molecule has 2 nitrogen and oxygen atoms in total. The highest BCUT2D eigenvalue weighted by Crippen LogP contribution is 2.10. The van der Waals surface area contributed by atoms with Crippen LogP contribution in [0, 0.1) is 3.83 Å². The Morgan fingerprint density at radius 2 is 2.20 bits per heavy atom. The van der Waals surface area contributed by atoms with Crippen LogP contribution in [-0.2, 0) is 0 Å². The van der Waals surface area contributed by atoms with E-state index in [1.165, 1.54) is 0 Å². The number of rotatable bonds is 1. The number of halogens is 1. The summed E-state index contributed by atoms with van der Waals surface area (Å²) >= 11 is 2.12. The Labute approximate surface area is 74.2 Å². The highest BCUT2D eigenvalue weighted by atomic mass is 127. The van der Waals surface area contributed by atoms with Gasteiger partial charge in [-0.1, -0.05) is 13.8 Å². The minimum atomic E-state index is 0.497. The summed E-state index contributed by atoms with van der Waals surface area (Å²) in [5, 5.41) is 0. The normalized spacial score (nSPS) is 10.4. The lowest BCUT2D eigenvalue weighted by Gasteiger charge is -2.01. The number of nitrogens with zero attached hydrogens (tertiary/aromatic N) is 2. The average Bonchev–Trinajstić information content (AvgIpc) is 1.88. The lowest BCUT2D eigenvalue weighted by Crippen LogP contribution is -1.95. The fourth-order valence-electron chi connectivity index (χ4n) is 0.669. The molecule has 1 aromatic heterocycles. The third kappa shape index (κ3) is 1.90. The van der Waals surface area contributed by atoms with Gasteiger partial charge in [-0.15, -0.1) is 0 Å². The Kier molecular flexibility index (Phi) is 2.59. The number of hydrogen-bond donors (Lipinski definition) is 0. The van der Waals surface area contributed by atoms with Crippen LogP contribution in [0.4, 0.5) is 0 Å². The Balaban J connectivity index is 2.96. The second kappa shape index (κ2) is 3.27. The molecule has 0 spiro atoms. The van der Waals surface area contributed by atoms with E-state index in [9.17, 15) is 0 Å². The van der Waals surface area contributed by atoms with E-state index in [4.69, 9.17) is 0 Å². The van der Waals surface area contributed by atoms with Crippen molar-refractivity contribution in [3.05, 3.63) is 21.8 Å². The van der Waals surface area contributed by atoms with Crippen molar-refractivity contribution in [3.63, 3.8) is 0 Å². The fraction of sp³-hybridized carbons (Fsp3) is 0.429. The first-order chi connectivity index (χ1) is 4.70. The SMILES string of the molecule is CC(C)c1ccnc(I)n1. The van der Waals surface area contributed by atoms with Gasteiger partial charge in [0.1, 0.15) is 0 Å². The predicted molar refractivity (Wildman–Crippen MR) is 48.8 cm³/mol. The largest absolute Gasteiger partial charge is 0.232 e. The molecular weight excluding hydrogens is 239 g/mol. The first-order valence-corrected chi connectivity index (χ1v) is 4.26. The monoisotopic (exact) mass is 248 g/mol. The maximum absolute atomic E-state index is 4.25. The zero-order chi connectivity index (χ0) is 7.56. The molecule has 0 unspecified atom stereocenters. The van der Waals surface area contributed by atoms with E-state index in [-0.39, 0.29) is 0 Å². The zero-order valence-corrected chi connectivity index (χ0v) is 8.16. The van der Waals surface area contributed by atoms with E-state index < -0.39 is 0 Å². The molecule has 10 heavy (non-hydrogen) atoms. The van der Waals surface area contributed by atoms with Gasteiger partial charge in [0.25, 0.3) is 0 Å². The van der Waals surface area contributed by atoms with Gasteiger partial charge in [-0.3, -0.25) is 0 Å². The standard InChI is InChI=1S/C7H9IN2/c1-5(2)6-3-4-9-7(8)10-6/h3-5H,1-2H3. The molecule has 0 aliphatic rings. The molecule has 0 aliphatic heterocycles. The van der Waals surface area contributed by atoms with E-state index in [0.29, 0.717) is 5.92 Å². The molecule has 0 N–H and O–H groups in total. The van der Waals surface area contributed by atoms with Crippen LogP contribution in [0.1, 0.15) is 25.5 Å². The van der Waals surface area contributed by atoms with E-state index in [1.54, 1.807) is 6.20 Å². The summed E-state index contributed by atoms with van der Waals surface area (Å²) in [6, 6.07) is 1.95. The van der Waals surface area contributed by atoms with Crippen molar-refractivity contribution < 1.29 is 0 Å². The van der Waals surface area contributed by atoms with Gasteiger partial charge in [0, 0.05) is 34.5 Å². The lowest BCUT2D eigenvalue weighted by molar-refractivity contribution is 0.806. The first kappa shape index (κ1) is 7.91. The predicted octanol–water partition coefficient (Wildman–Crippen LogP) is 2.20. The molecule has 1 heterocycles. The van der Waals surface area contributed by atoms with E-state index in [2.05, 4.69) is 46.4 Å². The van der Waals surface area contributed by atoms with Crippen LogP contribution in [0.5, 0.6) is 0 Å². The third-order valence-corrected chi connectivity index (χ3v) is 1.76. The Hall–Kier alpha value is -0.190. The van der Waals surface area contributed by atoms with Gasteiger partial charge in [0.2, 0.25) is 0 Å². The van der Waals surface area contributed by atoms with Crippen LogP contribution >= 0.6 is 22.6 Å². The summed E-state index contributed by atoms with van der Waals surface area (Å²) in [6.07, 6.45) is 1.80. The van der Waals surface area contributed by atoms with Crippen LogP contribution < -0.4 is 0 Å². The summed E-state index contributed by atoms with van der Waals surface area (Å²) in [5.74, 6) is 0.497. The molecule has 0 aromatic carbocycles. The van der Waals surface area contributed by atoms with Crippen LogP contribution in [0.3, 0.4) is 0 Å². The summed E-state index contributed by atoms with van der Waals surface area (Å²) in [6.45, 7) is 4.25. The second-order valence-electron chi connectivity index (χ2n) is 2.41. The minimum absolute atomic E-state index is 0.497. The van der Waals surface area contributed by atoms with Gasteiger partial charge in [0.05, 0.1) is 0 Å². The van der Waals surface area contributed by atoms with Gasteiger partial charge < -0.3 is 0 Å². The summed E-state index contributed by atoms with van der Waals surface area (Å²) in [4.78, 5) is 8.25. The molecule has 1 rings (SSSR count). The third-order valence-electron chi connectivity index (χ3n) is 1.24. The topological polar surface area (TPSA) is 25.8 Å². The van der Waals surface area contributed by atoms with Crippen LogP contribution in [0.2, 0.25) is 0 Å². The summed E-state index contributed by atoms with van der Waals surface area (Å²) in [7, 11) is 0. The molecule has 54 valence electrons. The van der Waals surface area contributed by atoms with E-state index >= 15 is 0 Å². The van der Waals surface area contributed by atoms with E-state index in [0.717, 1.165) is 9.53 Å². The van der Waals surface area contributed by atoms with Crippen LogP contribution in [0.25, 0.3) is 0 Å².